The van der Waals surface area contributed by atoms with E-state index in [1.54, 1.807) is 0 Å². The maximum atomic E-state index is 12.6. The van der Waals surface area contributed by atoms with Crippen molar-refractivity contribution in [2.75, 3.05) is 26.2 Å². The second-order valence-electron chi connectivity index (χ2n) is 6.63. The van der Waals surface area contributed by atoms with Crippen LogP contribution in [0.5, 0.6) is 0 Å². The lowest BCUT2D eigenvalue weighted by Gasteiger charge is -2.22. The van der Waals surface area contributed by atoms with Crippen LogP contribution < -0.4 is 0 Å². The van der Waals surface area contributed by atoms with Crippen LogP contribution >= 0.6 is 0 Å². The van der Waals surface area contributed by atoms with Crippen LogP contribution in [0.4, 0.5) is 0 Å². The Morgan fingerprint density at radius 3 is 2.62 bits per heavy atom. The van der Waals surface area contributed by atoms with Gasteiger partial charge in [-0.15, -0.1) is 0 Å². The van der Waals surface area contributed by atoms with Gasteiger partial charge in [0.15, 0.2) is 0 Å². The fourth-order valence-electron chi connectivity index (χ4n) is 3.12. The molecule has 1 amide bonds. The summed E-state index contributed by atoms with van der Waals surface area (Å²) in [5.41, 5.74) is 2.32. The Hall–Kier alpha value is -2.14. The second-order valence-corrected chi connectivity index (χ2v) is 6.63. The van der Waals surface area contributed by atoms with Gasteiger partial charge in [0.05, 0.1) is 13.0 Å². The molecule has 0 atom stereocenters. The van der Waals surface area contributed by atoms with Crippen LogP contribution in [-0.2, 0) is 24.8 Å². The van der Waals surface area contributed by atoms with Gasteiger partial charge in [0.1, 0.15) is 5.82 Å². The van der Waals surface area contributed by atoms with Gasteiger partial charge in [0.2, 0.25) is 5.91 Å². The molecule has 0 radical (unpaired) electrons. The molecule has 0 spiro atoms. The van der Waals surface area contributed by atoms with Crippen molar-refractivity contribution in [2.24, 2.45) is 7.05 Å². The number of aryl methyl sites for hydroxylation is 2. The molecule has 2 heterocycles. The fraction of sp³-hybridized carbons (Fsp3) is 0.474. The zero-order valence-electron chi connectivity index (χ0n) is 14.6. The van der Waals surface area contributed by atoms with Gasteiger partial charge in [0.25, 0.3) is 0 Å². The summed E-state index contributed by atoms with van der Waals surface area (Å²) in [6, 6.07) is 8.25. The summed E-state index contributed by atoms with van der Waals surface area (Å²) < 4.78 is 2.06. The normalized spacial score (nSPS) is 16.2. The smallest absolute Gasteiger partial charge is 0.227 e. The number of hydrogen-bond donors (Lipinski definition) is 0. The topological polar surface area (TPSA) is 41.4 Å². The van der Waals surface area contributed by atoms with E-state index in [-0.39, 0.29) is 5.91 Å². The minimum atomic E-state index is 0.234. The van der Waals surface area contributed by atoms with Crippen molar-refractivity contribution in [1.29, 1.82) is 0 Å². The van der Waals surface area contributed by atoms with Gasteiger partial charge in [-0.3, -0.25) is 9.69 Å². The van der Waals surface area contributed by atoms with Gasteiger partial charge in [-0.2, -0.15) is 0 Å². The lowest BCUT2D eigenvalue weighted by molar-refractivity contribution is -0.130. The molecule has 0 aliphatic carbocycles. The van der Waals surface area contributed by atoms with Crippen molar-refractivity contribution in [3.05, 3.63) is 53.6 Å². The molecule has 1 saturated heterocycles. The molecule has 1 aromatic heterocycles. The molecule has 0 N–H and O–H groups in total. The molecule has 128 valence electrons. The number of amides is 1. The number of carbonyl (C=O) groups is 1. The van der Waals surface area contributed by atoms with Crippen LogP contribution in [0.1, 0.15) is 23.4 Å². The van der Waals surface area contributed by atoms with Gasteiger partial charge in [-0.1, -0.05) is 29.8 Å². The van der Waals surface area contributed by atoms with Gasteiger partial charge in [-0.25, -0.2) is 4.98 Å². The molecule has 5 nitrogen and oxygen atoms in total. The Kier molecular flexibility index (Phi) is 5.30. The Labute approximate surface area is 143 Å². The first-order valence-corrected chi connectivity index (χ1v) is 8.64. The highest BCUT2D eigenvalue weighted by atomic mass is 16.2. The van der Waals surface area contributed by atoms with Crippen LogP contribution in [0, 0.1) is 6.92 Å². The van der Waals surface area contributed by atoms with Crippen molar-refractivity contribution in [3.8, 4) is 0 Å². The molecule has 5 heteroatoms. The number of aromatic nitrogens is 2. The number of carbonyl (C=O) groups excluding carboxylic acids is 1. The zero-order chi connectivity index (χ0) is 16.9. The standard InChI is InChI=1S/C19H26N4O/c1-16-4-6-17(7-5-16)14-19(24)23-10-3-9-22(12-13-23)15-18-20-8-11-21(18)2/h4-8,11H,3,9-10,12-15H2,1-2H3. The van der Waals surface area contributed by atoms with Crippen LogP contribution in [0.25, 0.3) is 0 Å². The van der Waals surface area contributed by atoms with Crippen molar-refractivity contribution < 1.29 is 4.79 Å². The van der Waals surface area contributed by atoms with E-state index in [0.29, 0.717) is 6.42 Å². The van der Waals surface area contributed by atoms with E-state index >= 15 is 0 Å². The van der Waals surface area contributed by atoms with Gasteiger partial charge >= 0.3 is 0 Å². The molecular weight excluding hydrogens is 300 g/mol. The molecule has 2 aromatic rings. The SMILES string of the molecule is Cc1ccc(CC(=O)N2CCCN(Cc3nccn3C)CC2)cc1. The molecule has 0 bridgehead atoms. The molecule has 0 saturated carbocycles. The maximum Gasteiger partial charge on any atom is 0.227 e. The Morgan fingerprint density at radius 1 is 1.12 bits per heavy atom. The molecule has 1 aliphatic heterocycles. The quantitative estimate of drug-likeness (QED) is 0.863. The monoisotopic (exact) mass is 326 g/mol. The number of rotatable bonds is 4. The van der Waals surface area contributed by atoms with Crippen LogP contribution in [0.3, 0.4) is 0 Å². The van der Waals surface area contributed by atoms with Crippen LogP contribution in [0.15, 0.2) is 36.7 Å². The first-order valence-electron chi connectivity index (χ1n) is 8.64. The summed E-state index contributed by atoms with van der Waals surface area (Å²) in [7, 11) is 2.03. The Bertz CT molecular complexity index is 677. The largest absolute Gasteiger partial charge is 0.341 e. The summed E-state index contributed by atoms with van der Waals surface area (Å²) >= 11 is 0. The van der Waals surface area contributed by atoms with Crippen molar-refractivity contribution in [2.45, 2.75) is 26.3 Å². The lowest BCUT2D eigenvalue weighted by Crippen LogP contribution is -2.36. The third-order valence-corrected chi connectivity index (χ3v) is 4.70. The van der Waals surface area contributed by atoms with Gasteiger partial charge in [0, 0.05) is 45.6 Å². The maximum absolute atomic E-state index is 12.6. The summed E-state index contributed by atoms with van der Waals surface area (Å²) in [6.45, 7) is 6.49. The van der Waals surface area contributed by atoms with E-state index in [2.05, 4.69) is 45.6 Å². The zero-order valence-corrected chi connectivity index (χ0v) is 14.6. The highest BCUT2D eigenvalue weighted by Crippen LogP contribution is 2.10. The fourth-order valence-corrected chi connectivity index (χ4v) is 3.12. The third kappa shape index (κ3) is 4.23. The van der Waals surface area contributed by atoms with Crippen LogP contribution in [-0.4, -0.2) is 51.4 Å². The summed E-state index contributed by atoms with van der Waals surface area (Å²) in [5.74, 6) is 1.31. The van der Waals surface area contributed by atoms with E-state index in [0.717, 1.165) is 50.5 Å². The second kappa shape index (κ2) is 7.62. The average Bonchev–Trinajstić information content (AvgIpc) is 2.83. The average molecular weight is 326 g/mol. The van der Waals surface area contributed by atoms with Crippen molar-refractivity contribution >= 4 is 5.91 Å². The summed E-state index contributed by atoms with van der Waals surface area (Å²) in [4.78, 5) is 21.4. The minimum Gasteiger partial charge on any atom is -0.341 e. The Balaban J connectivity index is 1.53. The predicted octanol–water partition coefficient (Wildman–Crippen LogP) is 2.01. The van der Waals surface area contributed by atoms with Gasteiger partial charge in [-0.05, 0) is 18.9 Å². The highest BCUT2D eigenvalue weighted by Gasteiger charge is 2.20. The molecular formula is C19H26N4O. The summed E-state index contributed by atoms with van der Waals surface area (Å²) in [5, 5.41) is 0. The van der Waals surface area contributed by atoms with Crippen molar-refractivity contribution in [1.82, 2.24) is 19.4 Å². The number of hydrogen-bond acceptors (Lipinski definition) is 3. The van der Waals surface area contributed by atoms with E-state index in [1.807, 2.05) is 24.3 Å². The third-order valence-electron chi connectivity index (χ3n) is 4.70. The van der Waals surface area contributed by atoms with E-state index in [1.165, 1.54) is 5.56 Å². The Morgan fingerprint density at radius 2 is 1.92 bits per heavy atom. The molecule has 3 rings (SSSR count). The van der Waals surface area contributed by atoms with E-state index in [9.17, 15) is 4.79 Å². The summed E-state index contributed by atoms with van der Waals surface area (Å²) in [6.07, 6.45) is 5.33. The van der Waals surface area contributed by atoms with Crippen molar-refractivity contribution in [3.63, 3.8) is 0 Å². The van der Waals surface area contributed by atoms with E-state index in [4.69, 9.17) is 0 Å². The predicted molar refractivity (Wildman–Crippen MR) is 94.6 cm³/mol. The molecule has 24 heavy (non-hydrogen) atoms. The van der Waals surface area contributed by atoms with Crippen LogP contribution in [0.2, 0.25) is 0 Å². The number of benzene rings is 1. The first-order chi connectivity index (χ1) is 11.6. The molecule has 1 fully saturated rings. The molecule has 1 aliphatic rings. The molecule has 1 aromatic carbocycles. The van der Waals surface area contributed by atoms with E-state index < -0.39 is 0 Å². The number of imidazole rings is 1. The lowest BCUT2D eigenvalue weighted by atomic mass is 10.1. The minimum absolute atomic E-state index is 0.234. The molecule has 0 unspecified atom stereocenters. The van der Waals surface area contributed by atoms with Gasteiger partial charge < -0.3 is 9.47 Å². The highest BCUT2D eigenvalue weighted by molar-refractivity contribution is 5.78. The first kappa shape index (κ1) is 16.7. The number of nitrogens with zero attached hydrogens (tertiary/aromatic N) is 4.